The lowest BCUT2D eigenvalue weighted by molar-refractivity contribution is -0.118. The zero-order chi connectivity index (χ0) is 22.5. The predicted octanol–water partition coefficient (Wildman–Crippen LogP) is 4.33. The SMILES string of the molecule is COc1ccc(-c2[nH]ncc2C=C(C#N)C(=O)NC(C)(C)CC(C)(C)C)cc1OC. The summed E-state index contributed by atoms with van der Waals surface area (Å²) in [6.45, 7) is 10.3. The predicted molar refractivity (Wildman–Crippen MR) is 117 cm³/mol. The van der Waals surface area contributed by atoms with Gasteiger partial charge in [-0.2, -0.15) is 10.4 Å². The van der Waals surface area contributed by atoms with Gasteiger partial charge in [0.1, 0.15) is 11.6 Å². The molecule has 30 heavy (non-hydrogen) atoms. The zero-order valence-electron chi connectivity index (χ0n) is 18.7. The van der Waals surface area contributed by atoms with Crippen LogP contribution in [0.5, 0.6) is 11.5 Å². The summed E-state index contributed by atoms with van der Waals surface area (Å²) in [6, 6.07) is 7.45. The summed E-state index contributed by atoms with van der Waals surface area (Å²) >= 11 is 0. The topological polar surface area (TPSA) is 100 Å². The Bertz CT molecular complexity index is 975. The number of nitrogens with one attached hydrogen (secondary N) is 2. The van der Waals surface area contributed by atoms with Crippen LogP contribution in [-0.2, 0) is 4.79 Å². The maximum Gasteiger partial charge on any atom is 0.262 e. The molecule has 0 radical (unpaired) electrons. The van der Waals surface area contributed by atoms with Gasteiger partial charge in [-0.05, 0) is 50.0 Å². The van der Waals surface area contributed by atoms with E-state index in [-0.39, 0.29) is 11.0 Å². The highest BCUT2D eigenvalue weighted by Gasteiger charge is 2.28. The number of methoxy groups -OCH3 is 2. The molecule has 1 aromatic heterocycles. The highest BCUT2D eigenvalue weighted by Crippen LogP contribution is 2.33. The van der Waals surface area contributed by atoms with Crippen LogP contribution in [0, 0.1) is 16.7 Å². The molecule has 0 aliphatic carbocycles. The number of carbonyl (C=O) groups is 1. The number of carbonyl (C=O) groups excluding carboxylic acids is 1. The Morgan fingerprint density at radius 3 is 2.43 bits per heavy atom. The number of benzene rings is 1. The van der Waals surface area contributed by atoms with Crippen molar-refractivity contribution >= 4 is 12.0 Å². The normalized spacial score (nSPS) is 12.3. The number of ether oxygens (including phenoxy) is 2. The van der Waals surface area contributed by atoms with E-state index in [0.29, 0.717) is 22.8 Å². The van der Waals surface area contributed by atoms with Crippen molar-refractivity contribution in [2.24, 2.45) is 5.41 Å². The van der Waals surface area contributed by atoms with Crippen molar-refractivity contribution in [1.82, 2.24) is 15.5 Å². The molecule has 0 aliphatic heterocycles. The summed E-state index contributed by atoms with van der Waals surface area (Å²) in [6.07, 6.45) is 3.89. The van der Waals surface area contributed by atoms with Gasteiger partial charge < -0.3 is 14.8 Å². The molecule has 1 heterocycles. The molecule has 1 aromatic carbocycles. The maximum atomic E-state index is 12.8. The number of aromatic amines is 1. The highest BCUT2D eigenvalue weighted by atomic mass is 16.5. The lowest BCUT2D eigenvalue weighted by Gasteiger charge is -2.33. The van der Waals surface area contributed by atoms with E-state index in [1.165, 1.54) is 6.08 Å². The molecule has 2 rings (SSSR count). The van der Waals surface area contributed by atoms with Crippen molar-refractivity contribution in [2.45, 2.75) is 46.6 Å². The third-order valence-electron chi connectivity index (χ3n) is 4.43. The Morgan fingerprint density at radius 1 is 1.20 bits per heavy atom. The fourth-order valence-electron chi connectivity index (χ4n) is 3.68. The number of nitriles is 1. The van der Waals surface area contributed by atoms with Crippen LogP contribution >= 0.6 is 0 Å². The van der Waals surface area contributed by atoms with Gasteiger partial charge in [-0.1, -0.05) is 20.8 Å². The number of aromatic nitrogens is 2. The van der Waals surface area contributed by atoms with Crippen LogP contribution < -0.4 is 14.8 Å². The first-order valence-electron chi connectivity index (χ1n) is 9.70. The Hall–Kier alpha value is -3.27. The summed E-state index contributed by atoms with van der Waals surface area (Å²) in [5.41, 5.74) is 1.70. The standard InChI is InChI=1S/C23H30N4O3/c1-22(2,3)14-23(4,5)26-21(28)16(12-24)10-17-13-25-27-20(17)15-8-9-18(29-6)19(11-15)30-7/h8-11,13H,14H2,1-7H3,(H,25,27)(H,26,28). The van der Waals surface area contributed by atoms with E-state index < -0.39 is 11.4 Å². The lowest BCUT2D eigenvalue weighted by Crippen LogP contribution is -2.46. The zero-order valence-corrected chi connectivity index (χ0v) is 18.7. The monoisotopic (exact) mass is 410 g/mol. The third kappa shape index (κ3) is 5.86. The maximum absolute atomic E-state index is 12.8. The van der Waals surface area contributed by atoms with Crippen molar-refractivity contribution in [3.05, 3.63) is 35.5 Å². The molecule has 0 bridgehead atoms. The number of rotatable bonds is 7. The Kier molecular flexibility index (Phi) is 6.93. The van der Waals surface area contributed by atoms with Crippen LogP contribution in [0.4, 0.5) is 0 Å². The van der Waals surface area contributed by atoms with E-state index in [1.807, 2.05) is 32.0 Å². The average molecular weight is 411 g/mol. The van der Waals surface area contributed by atoms with Gasteiger partial charge in [0.2, 0.25) is 0 Å². The molecule has 0 saturated heterocycles. The smallest absolute Gasteiger partial charge is 0.262 e. The number of hydrogen-bond acceptors (Lipinski definition) is 5. The quantitative estimate of drug-likeness (QED) is 0.523. The molecular weight excluding hydrogens is 380 g/mol. The molecule has 0 spiro atoms. The summed E-state index contributed by atoms with van der Waals surface area (Å²) in [7, 11) is 3.13. The molecule has 2 aromatic rings. The van der Waals surface area contributed by atoms with Crippen LogP contribution in [0.2, 0.25) is 0 Å². The molecule has 0 aliphatic rings. The van der Waals surface area contributed by atoms with Crippen LogP contribution in [-0.4, -0.2) is 35.9 Å². The number of H-pyrrole nitrogens is 1. The molecule has 0 unspecified atom stereocenters. The van der Waals surface area contributed by atoms with E-state index in [0.717, 1.165) is 12.0 Å². The van der Waals surface area contributed by atoms with E-state index in [1.54, 1.807) is 26.5 Å². The van der Waals surface area contributed by atoms with Gasteiger partial charge >= 0.3 is 0 Å². The van der Waals surface area contributed by atoms with E-state index in [2.05, 4.69) is 36.3 Å². The first-order valence-corrected chi connectivity index (χ1v) is 9.70. The van der Waals surface area contributed by atoms with Crippen molar-refractivity contribution < 1.29 is 14.3 Å². The molecular formula is C23H30N4O3. The molecule has 160 valence electrons. The summed E-state index contributed by atoms with van der Waals surface area (Å²) in [4.78, 5) is 12.8. The minimum Gasteiger partial charge on any atom is -0.493 e. The summed E-state index contributed by atoms with van der Waals surface area (Å²) < 4.78 is 10.6. The van der Waals surface area contributed by atoms with Crippen molar-refractivity contribution in [3.8, 4) is 28.8 Å². The van der Waals surface area contributed by atoms with E-state index in [9.17, 15) is 10.1 Å². The second-order valence-corrected chi connectivity index (χ2v) is 9.02. The van der Waals surface area contributed by atoms with E-state index >= 15 is 0 Å². The minimum atomic E-state index is -0.451. The Morgan fingerprint density at radius 2 is 1.87 bits per heavy atom. The van der Waals surface area contributed by atoms with E-state index in [4.69, 9.17) is 9.47 Å². The van der Waals surface area contributed by atoms with Gasteiger partial charge in [-0.3, -0.25) is 9.89 Å². The van der Waals surface area contributed by atoms with Crippen LogP contribution in [0.1, 0.15) is 46.6 Å². The molecule has 0 atom stereocenters. The first-order chi connectivity index (χ1) is 14.0. The van der Waals surface area contributed by atoms with Crippen LogP contribution in [0.3, 0.4) is 0 Å². The Balaban J connectivity index is 2.34. The third-order valence-corrected chi connectivity index (χ3v) is 4.43. The van der Waals surface area contributed by atoms with Gasteiger partial charge in [0, 0.05) is 16.7 Å². The Labute approximate surface area is 178 Å². The molecule has 1 amide bonds. The van der Waals surface area contributed by atoms with Gasteiger partial charge in [0.05, 0.1) is 26.1 Å². The minimum absolute atomic E-state index is 0.0140. The lowest BCUT2D eigenvalue weighted by atomic mass is 9.81. The number of amides is 1. The summed E-state index contributed by atoms with van der Waals surface area (Å²) in [5, 5.41) is 19.6. The van der Waals surface area contributed by atoms with Gasteiger partial charge in [0.15, 0.2) is 11.5 Å². The van der Waals surface area contributed by atoms with Crippen LogP contribution in [0.25, 0.3) is 17.3 Å². The average Bonchev–Trinajstić information content (AvgIpc) is 3.11. The van der Waals surface area contributed by atoms with Crippen molar-refractivity contribution in [3.63, 3.8) is 0 Å². The molecule has 0 fully saturated rings. The molecule has 0 saturated carbocycles. The first kappa shape index (κ1) is 23.0. The largest absolute Gasteiger partial charge is 0.493 e. The van der Waals surface area contributed by atoms with Crippen molar-refractivity contribution in [1.29, 1.82) is 5.26 Å². The van der Waals surface area contributed by atoms with Crippen molar-refractivity contribution in [2.75, 3.05) is 14.2 Å². The van der Waals surface area contributed by atoms with Gasteiger partial charge in [0.25, 0.3) is 5.91 Å². The molecule has 2 N–H and O–H groups in total. The fourth-order valence-corrected chi connectivity index (χ4v) is 3.68. The van der Waals surface area contributed by atoms with Gasteiger partial charge in [-0.25, -0.2) is 0 Å². The molecule has 7 nitrogen and oxygen atoms in total. The second-order valence-electron chi connectivity index (χ2n) is 9.02. The fraction of sp³-hybridized carbons (Fsp3) is 0.435. The van der Waals surface area contributed by atoms with Crippen LogP contribution in [0.15, 0.2) is 30.0 Å². The molecule has 7 heteroatoms. The second kappa shape index (κ2) is 9.04. The number of nitrogens with zero attached hydrogens (tertiary/aromatic N) is 2. The highest BCUT2D eigenvalue weighted by molar-refractivity contribution is 6.02. The number of hydrogen-bond donors (Lipinski definition) is 2. The summed E-state index contributed by atoms with van der Waals surface area (Å²) in [5.74, 6) is 0.768. The van der Waals surface area contributed by atoms with Gasteiger partial charge in [-0.15, -0.1) is 0 Å².